The first kappa shape index (κ1) is 27.0. The van der Waals surface area contributed by atoms with Crippen LogP contribution in [0, 0.1) is 5.82 Å². The maximum atomic E-state index is 14.3. The molecule has 0 aliphatic carbocycles. The van der Waals surface area contributed by atoms with E-state index in [1.54, 1.807) is 40.0 Å². The standard InChI is InChI=1S/C26H32FN5O6/c1-6-35-24(33)19-12-29-32-14-21-23(30-22(19)32)31(16(2)15-37-21)13-17-11-18(27)7-8-20(17)36-10-9-28-25(34)38-26(3,4)5/h7-8,11-12,14,16H,6,9-10,13,15H2,1-5H3,(H,28,34)/t16-/m0/s1. The van der Waals surface area contributed by atoms with Crippen molar-refractivity contribution in [3.63, 3.8) is 0 Å². The van der Waals surface area contributed by atoms with Crippen LogP contribution in [0.15, 0.2) is 30.6 Å². The van der Waals surface area contributed by atoms with Crippen molar-refractivity contribution < 1.29 is 32.9 Å². The topological polar surface area (TPSA) is 117 Å². The first-order valence-corrected chi connectivity index (χ1v) is 12.4. The van der Waals surface area contributed by atoms with Gasteiger partial charge in [0.25, 0.3) is 0 Å². The van der Waals surface area contributed by atoms with Crippen LogP contribution in [0.2, 0.25) is 0 Å². The van der Waals surface area contributed by atoms with Crippen molar-refractivity contribution in [1.82, 2.24) is 19.9 Å². The van der Waals surface area contributed by atoms with E-state index in [9.17, 15) is 14.0 Å². The summed E-state index contributed by atoms with van der Waals surface area (Å²) in [7, 11) is 0. The number of amides is 1. The van der Waals surface area contributed by atoms with Crippen LogP contribution in [-0.4, -0.2) is 64.7 Å². The number of fused-ring (bicyclic) bond motifs is 2. The molecular formula is C26H32FN5O6. The molecule has 3 heterocycles. The molecule has 12 heteroatoms. The number of carbonyl (C=O) groups is 2. The lowest BCUT2D eigenvalue weighted by Gasteiger charge is -2.36. The van der Waals surface area contributed by atoms with Gasteiger partial charge in [-0.1, -0.05) is 0 Å². The minimum absolute atomic E-state index is 0.114. The number of anilines is 1. The lowest BCUT2D eigenvalue weighted by atomic mass is 10.1. The summed E-state index contributed by atoms with van der Waals surface area (Å²) in [5.74, 6) is 0.505. The summed E-state index contributed by atoms with van der Waals surface area (Å²) < 4.78 is 37.9. The van der Waals surface area contributed by atoms with E-state index in [1.807, 2.05) is 11.8 Å². The van der Waals surface area contributed by atoms with Crippen LogP contribution in [0.25, 0.3) is 5.65 Å². The average Bonchev–Trinajstić information content (AvgIpc) is 3.25. The number of esters is 1. The first-order chi connectivity index (χ1) is 18.1. The zero-order valence-corrected chi connectivity index (χ0v) is 22.1. The van der Waals surface area contributed by atoms with E-state index in [4.69, 9.17) is 18.9 Å². The van der Waals surface area contributed by atoms with E-state index in [0.29, 0.717) is 35.1 Å². The van der Waals surface area contributed by atoms with Crippen molar-refractivity contribution in [3.8, 4) is 11.5 Å². The fraction of sp³-hybridized carbons (Fsp3) is 0.462. The molecule has 1 aliphatic rings. The van der Waals surface area contributed by atoms with Crippen molar-refractivity contribution in [2.75, 3.05) is 31.3 Å². The summed E-state index contributed by atoms with van der Waals surface area (Å²) in [5, 5.41) is 6.84. The Kier molecular flexibility index (Phi) is 7.88. The SMILES string of the molecule is CCOC(=O)c1cnn2cc3c(nc12)N(Cc1cc(F)ccc1OCCNC(=O)OC(C)(C)C)[C@@H](C)CO3. The smallest absolute Gasteiger partial charge is 0.407 e. The Labute approximate surface area is 219 Å². The van der Waals surface area contributed by atoms with Crippen LogP contribution in [0.1, 0.15) is 50.5 Å². The van der Waals surface area contributed by atoms with Crippen molar-refractivity contribution in [2.24, 2.45) is 0 Å². The molecule has 2 aromatic heterocycles. The molecule has 0 fully saturated rings. The summed E-state index contributed by atoms with van der Waals surface area (Å²) in [4.78, 5) is 30.9. The van der Waals surface area contributed by atoms with Gasteiger partial charge in [0, 0.05) is 12.1 Å². The molecule has 0 unspecified atom stereocenters. The molecule has 0 radical (unpaired) electrons. The minimum atomic E-state index is -0.603. The van der Waals surface area contributed by atoms with Gasteiger partial charge >= 0.3 is 12.1 Å². The van der Waals surface area contributed by atoms with E-state index in [1.165, 1.54) is 22.8 Å². The van der Waals surface area contributed by atoms with Gasteiger partial charge in [-0.05, 0) is 52.8 Å². The van der Waals surface area contributed by atoms with Crippen LogP contribution in [0.3, 0.4) is 0 Å². The zero-order valence-electron chi connectivity index (χ0n) is 22.1. The predicted octanol–water partition coefficient (Wildman–Crippen LogP) is 3.74. The van der Waals surface area contributed by atoms with Gasteiger partial charge in [-0.2, -0.15) is 5.10 Å². The Morgan fingerprint density at radius 3 is 2.82 bits per heavy atom. The number of hydrogen-bond acceptors (Lipinski definition) is 9. The number of ether oxygens (including phenoxy) is 4. The van der Waals surface area contributed by atoms with Crippen LogP contribution in [0.5, 0.6) is 11.5 Å². The number of aromatic nitrogens is 3. The Hall–Kier alpha value is -4.09. The molecule has 0 saturated heterocycles. The molecule has 1 amide bonds. The number of rotatable bonds is 8. The van der Waals surface area contributed by atoms with Crippen molar-refractivity contribution >= 4 is 23.5 Å². The van der Waals surface area contributed by atoms with Gasteiger partial charge < -0.3 is 29.2 Å². The summed E-state index contributed by atoms with van der Waals surface area (Å²) in [6.45, 7) is 10.3. The van der Waals surface area contributed by atoms with Gasteiger partial charge in [0.2, 0.25) is 0 Å². The Balaban J connectivity index is 1.54. The number of carbonyl (C=O) groups excluding carboxylic acids is 2. The largest absolute Gasteiger partial charge is 0.491 e. The van der Waals surface area contributed by atoms with Gasteiger partial charge in [-0.15, -0.1) is 0 Å². The molecule has 1 aromatic carbocycles. The molecule has 38 heavy (non-hydrogen) atoms. The fourth-order valence-electron chi connectivity index (χ4n) is 3.91. The molecule has 1 N–H and O–H groups in total. The number of benzene rings is 1. The average molecular weight is 530 g/mol. The summed E-state index contributed by atoms with van der Waals surface area (Å²) in [5.41, 5.74) is 0.546. The van der Waals surface area contributed by atoms with Gasteiger partial charge in [0.1, 0.15) is 35.9 Å². The zero-order chi connectivity index (χ0) is 27.4. The quantitative estimate of drug-likeness (QED) is 0.344. The van der Waals surface area contributed by atoms with Crippen LogP contribution in [-0.2, 0) is 16.0 Å². The van der Waals surface area contributed by atoms with E-state index in [2.05, 4.69) is 15.4 Å². The van der Waals surface area contributed by atoms with Gasteiger partial charge in [-0.3, -0.25) is 0 Å². The third-order valence-electron chi connectivity index (χ3n) is 5.61. The Bertz CT molecular complexity index is 1320. The molecule has 0 saturated carbocycles. The van der Waals surface area contributed by atoms with Gasteiger partial charge in [0.15, 0.2) is 17.2 Å². The van der Waals surface area contributed by atoms with Gasteiger partial charge in [-0.25, -0.2) is 23.5 Å². The molecule has 11 nitrogen and oxygen atoms in total. The van der Waals surface area contributed by atoms with Crippen molar-refractivity contribution in [3.05, 3.63) is 47.5 Å². The molecular weight excluding hydrogens is 497 g/mol. The van der Waals surface area contributed by atoms with Crippen molar-refractivity contribution in [1.29, 1.82) is 0 Å². The second kappa shape index (κ2) is 11.1. The lowest BCUT2D eigenvalue weighted by Crippen LogP contribution is -2.41. The summed E-state index contributed by atoms with van der Waals surface area (Å²) in [6, 6.07) is 4.16. The highest BCUT2D eigenvalue weighted by atomic mass is 19.1. The number of alkyl carbamates (subject to hydrolysis) is 1. The number of nitrogens with one attached hydrogen (secondary N) is 1. The minimum Gasteiger partial charge on any atom is -0.491 e. The predicted molar refractivity (Wildman–Crippen MR) is 136 cm³/mol. The monoisotopic (exact) mass is 529 g/mol. The Morgan fingerprint density at radius 1 is 1.29 bits per heavy atom. The second-order valence-corrected chi connectivity index (χ2v) is 9.79. The van der Waals surface area contributed by atoms with E-state index < -0.39 is 23.5 Å². The molecule has 204 valence electrons. The summed E-state index contributed by atoms with van der Waals surface area (Å²) >= 11 is 0. The first-order valence-electron chi connectivity index (χ1n) is 12.4. The third kappa shape index (κ3) is 6.24. The third-order valence-corrected chi connectivity index (χ3v) is 5.61. The fourth-order valence-corrected chi connectivity index (χ4v) is 3.91. The maximum Gasteiger partial charge on any atom is 0.407 e. The summed E-state index contributed by atoms with van der Waals surface area (Å²) in [6.07, 6.45) is 2.52. The highest BCUT2D eigenvalue weighted by Gasteiger charge is 2.29. The van der Waals surface area contributed by atoms with Crippen LogP contribution in [0.4, 0.5) is 15.0 Å². The molecule has 4 rings (SSSR count). The molecule has 1 aliphatic heterocycles. The highest BCUT2D eigenvalue weighted by Crippen LogP contribution is 2.35. The number of halogens is 1. The van der Waals surface area contributed by atoms with E-state index in [-0.39, 0.29) is 37.9 Å². The normalized spacial score (nSPS) is 15.0. The van der Waals surface area contributed by atoms with Crippen LogP contribution >= 0.6 is 0 Å². The second-order valence-electron chi connectivity index (χ2n) is 9.79. The Morgan fingerprint density at radius 2 is 2.08 bits per heavy atom. The molecule has 1 atom stereocenters. The van der Waals surface area contributed by atoms with E-state index in [0.717, 1.165) is 0 Å². The molecule has 3 aromatic rings. The maximum absolute atomic E-state index is 14.3. The van der Waals surface area contributed by atoms with Crippen molar-refractivity contribution in [2.45, 2.75) is 52.8 Å². The molecule has 0 spiro atoms. The lowest BCUT2D eigenvalue weighted by molar-refractivity contribution is 0.0513. The number of hydrogen-bond donors (Lipinski definition) is 1. The van der Waals surface area contributed by atoms with Crippen LogP contribution < -0.4 is 19.7 Å². The number of nitrogens with zero attached hydrogens (tertiary/aromatic N) is 4. The molecule has 0 bridgehead atoms. The van der Waals surface area contributed by atoms with Gasteiger partial charge in [0.05, 0.1) is 31.6 Å². The van der Waals surface area contributed by atoms with E-state index >= 15 is 0 Å². The highest BCUT2D eigenvalue weighted by molar-refractivity contribution is 5.96.